The Morgan fingerprint density at radius 3 is 1.65 bits per heavy atom. The Balaban J connectivity index is 0.000000609. The van der Waals surface area contributed by atoms with E-state index in [9.17, 15) is 9.59 Å². The van der Waals surface area contributed by atoms with Crippen LogP contribution in [0.25, 0.3) is 0 Å². The van der Waals surface area contributed by atoms with Gasteiger partial charge >= 0.3 is 11.9 Å². The summed E-state index contributed by atoms with van der Waals surface area (Å²) >= 11 is 0. The van der Waals surface area contributed by atoms with Gasteiger partial charge in [0.1, 0.15) is 0 Å². The molecule has 0 aliphatic rings. The summed E-state index contributed by atoms with van der Waals surface area (Å²) < 4.78 is 9.73. The fraction of sp³-hybridized carbons (Fsp3) is 0.538. The Kier molecular flexibility index (Phi) is 20.6. The van der Waals surface area contributed by atoms with E-state index in [1.54, 1.807) is 0 Å². The average molecular weight is 433 g/mol. The van der Waals surface area contributed by atoms with E-state index in [4.69, 9.17) is 14.6 Å². The predicted octanol–water partition coefficient (Wildman–Crippen LogP) is 5.57. The van der Waals surface area contributed by atoms with Crippen LogP contribution in [0.3, 0.4) is 0 Å². The van der Waals surface area contributed by atoms with Crippen LogP contribution in [-0.4, -0.2) is 36.9 Å². The first-order valence-corrected chi connectivity index (χ1v) is 11.4. The third kappa shape index (κ3) is 20.6. The van der Waals surface area contributed by atoms with E-state index in [-0.39, 0.29) is 11.9 Å². The third-order valence-electron chi connectivity index (χ3n) is 4.61. The van der Waals surface area contributed by atoms with Crippen molar-refractivity contribution in [3.05, 3.63) is 61.2 Å². The number of benzene rings is 1. The van der Waals surface area contributed by atoms with Crippen molar-refractivity contribution >= 4 is 11.9 Å². The Bertz CT molecular complexity index is 583. The van der Waals surface area contributed by atoms with Crippen molar-refractivity contribution in [1.29, 1.82) is 0 Å². The van der Waals surface area contributed by atoms with E-state index in [1.807, 2.05) is 30.3 Å². The van der Waals surface area contributed by atoms with Crippen LogP contribution in [0.15, 0.2) is 55.6 Å². The number of aliphatic hydroxyl groups excluding tert-OH is 1. The van der Waals surface area contributed by atoms with Crippen LogP contribution in [0.4, 0.5) is 0 Å². The van der Waals surface area contributed by atoms with Crippen molar-refractivity contribution in [2.45, 2.75) is 70.6 Å². The summed E-state index contributed by atoms with van der Waals surface area (Å²) in [5.74, 6) is -0.686. The van der Waals surface area contributed by atoms with Crippen LogP contribution in [0, 0.1) is 0 Å². The van der Waals surface area contributed by atoms with Crippen LogP contribution in [0.1, 0.15) is 69.8 Å². The Labute approximate surface area is 188 Å². The maximum atomic E-state index is 10.7. The van der Waals surface area contributed by atoms with E-state index in [1.165, 1.54) is 56.2 Å². The van der Waals surface area contributed by atoms with E-state index >= 15 is 0 Å². The summed E-state index contributed by atoms with van der Waals surface area (Å²) in [5.41, 5.74) is 1.17. The molecule has 0 fully saturated rings. The molecule has 1 aromatic rings. The molecular weight excluding hydrogens is 392 g/mol. The summed E-state index contributed by atoms with van der Waals surface area (Å²) in [6, 6.07) is 9.89. The maximum Gasteiger partial charge on any atom is 0.330 e. The van der Waals surface area contributed by atoms with Gasteiger partial charge in [-0.05, 0) is 18.4 Å². The number of unbranched alkanes of at least 4 members (excludes halogenated alkanes) is 9. The molecule has 0 heterocycles. The smallest absolute Gasteiger partial charge is 0.330 e. The molecule has 1 aromatic carbocycles. The molecule has 0 unspecified atom stereocenters. The standard InChI is InChI=1S/C15H28O3.C11H12O2/c1-2-15(17)18-14-12-10-8-6-4-3-5-7-9-11-13-16;1-2-11(12)13-9-8-10-6-4-3-5-7-10/h2,16H,1,3-14H2;2-7H,1,8-9H2. The minimum absolute atomic E-state index is 0.321. The van der Waals surface area contributed by atoms with Crippen molar-refractivity contribution in [3.8, 4) is 0 Å². The Hall–Kier alpha value is -2.40. The van der Waals surface area contributed by atoms with Crippen LogP contribution < -0.4 is 0 Å². The lowest BCUT2D eigenvalue weighted by Gasteiger charge is -2.03. The van der Waals surface area contributed by atoms with Crippen LogP contribution in [-0.2, 0) is 25.5 Å². The molecule has 0 aromatic heterocycles. The van der Waals surface area contributed by atoms with Gasteiger partial charge in [-0.15, -0.1) is 0 Å². The van der Waals surface area contributed by atoms with Crippen molar-refractivity contribution < 1.29 is 24.2 Å². The van der Waals surface area contributed by atoms with Gasteiger partial charge in [-0.2, -0.15) is 0 Å². The Morgan fingerprint density at radius 2 is 1.16 bits per heavy atom. The number of ether oxygens (including phenoxy) is 2. The molecular formula is C26H40O5. The number of carbonyl (C=O) groups excluding carboxylic acids is 2. The average Bonchev–Trinajstić information content (AvgIpc) is 2.80. The van der Waals surface area contributed by atoms with Crippen LogP contribution in [0.2, 0.25) is 0 Å². The lowest BCUT2D eigenvalue weighted by molar-refractivity contribution is -0.138. The molecule has 0 bridgehead atoms. The fourth-order valence-corrected chi connectivity index (χ4v) is 2.83. The van der Waals surface area contributed by atoms with Gasteiger partial charge in [-0.25, -0.2) is 9.59 Å². The molecule has 5 heteroatoms. The quantitative estimate of drug-likeness (QED) is 0.198. The lowest BCUT2D eigenvalue weighted by atomic mass is 10.1. The minimum atomic E-state index is -0.365. The first kappa shape index (κ1) is 28.6. The molecule has 0 saturated carbocycles. The number of rotatable bonds is 17. The molecule has 0 radical (unpaired) electrons. The van der Waals surface area contributed by atoms with Gasteiger partial charge in [0, 0.05) is 25.2 Å². The van der Waals surface area contributed by atoms with E-state index in [0.717, 1.165) is 32.1 Å². The zero-order valence-corrected chi connectivity index (χ0v) is 18.9. The number of esters is 2. The summed E-state index contributed by atoms with van der Waals surface area (Å²) in [4.78, 5) is 21.4. The zero-order valence-electron chi connectivity index (χ0n) is 18.9. The van der Waals surface area contributed by atoms with Crippen LogP contribution in [0.5, 0.6) is 0 Å². The van der Waals surface area contributed by atoms with E-state index in [2.05, 4.69) is 13.2 Å². The number of hydrogen-bond acceptors (Lipinski definition) is 5. The Morgan fingerprint density at radius 1 is 0.710 bits per heavy atom. The van der Waals surface area contributed by atoms with Gasteiger partial charge in [0.25, 0.3) is 0 Å². The monoisotopic (exact) mass is 432 g/mol. The van der Waals surface area contributed by atoms with Gasteiger partial charge in [-0.3, -0.25) is 0 Å². The van der Waals surface area contributed by atoms with Crippen molar-refractivity contribution in [2.75, 3.05) is 19.8 Å². The molecule has 0 spiro atoms. The number of aliphatic hydroxyl groups is 1. The third-order valence-corrected chi connectivity index (χ3v) is 4.61. The zero-order chi connectivity index (χ0) is 23.0. The minimum Gasteiger partial charge on any atom is -0.463 e. The van der Waals surface area contributed by atoms with Gasteiger partial charge < -0.3 is 14.6 Å². The van der Waals surface area contributed by atoms with Crippen molar-refractivity contribution in [2.24, 2.45) is 0 Å². The fourth-order valence-electron chi connectivity index (χ4n) is 2.83. The molecule has 0 aliphatic carbocycles. The van der Waals surface area contributed by atoms with Crippen molar-refractivity contribution in [1.82, 2.24) is 0 Å². The molecule has 5 nitrogen and oxygen atoms in total. The van der Waals surface area contributed by atoms with Crippen LogP contribution >= 0.6 is 0 Å². The first-order valence-electron chi connectivity index (χ1n) is 11.4. The van der Waals surface area contributed by atoms with Gasteiger partial charge in [-0.1, -0.05) is 94.9 Å². The van der Waals surface area contributed by atoms with E-state index in [0.29, 0.717) is 19.8 Å². The summed E-state index contributed by atoms with van der Waals surface area (Å²) in [5, 5.41) is 8.62. The molecule has 0 aliphatic heterocycles. The number of hydrogen-bond donors (Lipinski definition) is 1. The van der Waals surface area contributed by atoms with Crippen molar-refractivity contribution in [3.63, 3.8) is 0 Å². The highest BCUT2D eigenvalue weighted by molar-refractivity contribution is 5.81. The lowest BCUT2D eigenvalue weighted by Crippen LogP contribution is -2.04. The second-order valence-corrected chi connectivity index (χ2v) is 7.24. The summed E-state index contributed by atoms with van der Waals surface area (Å²) in [7, 11) is 0. The maximum absolute atomic E-state index is 10.7. The van der Waals surface area contributed by atoms with E-state index < -0.39 is 0 Å². The molecule has 1 rings (SSSR count). The summed E-state index contributed by atoms with van der Waals surface area (Å²) in [6.07, 6.45) is 15.0. The molecule has 1 N–H and O–H groups in total. The molecule has 0 atom stereocenters. The second kappa shape index (κ2) is 22.3. The largest absolute Gasteiger partial charge is 0.463 e. The highest BCUT2D eigenvalue weighted by Gasteiger charge is 1.97. The normalized spacial score (nSPS) is 9.84. The first-order chi connectivity index (χ1) is 15.1. The highest BCUT2D eigenvalue weighted by atomic mass is 16.5. The molecule has 0 saturated heterocycles. The highest BCUT2D eigenvalue weighted by Crippen LogP contribution is 2.10. The predicted molar refractivity (Wildman–Crippen MR) is 126 cm³/mol. The second-order valence-electron chi connectivity index (χ2n) is 7.24. The van der Waals surface area contributed by atoms with Gasteiger partial charge in [0.15, 0.2) is 0 Å². The molecule has 0 amide bonds. The molecule has 174 valence electrons. The SMILES string of the molecule is C=CC(=O)OCCCCCCCCCCCCO.C=CC(=O)OCCc1ccccc1. The van der Waals surface area contributed by atoms with Gasteiger partial charge in [0.05, 0.1) is 13.2 Å². The topological polar surface area (TPSA) is 72.8 Å². The molecule has 31 heavy (non-hydrogen) atoms. The van der Waals surface area contributed by atoms with Gasteiger partial charge in [0.2, 0.25) is 0 Å². The summed E-state index contributed by atoms with van der Waals surface area (Å²) in [6.45, 7) is 7.92. The number of carbonyl (C=O) groups is 2.